The van der Waals surface area contributed by atoms with E-state index in [0.29, 0.717) is 5.92 Å². The summed E-state index contributed by atoms with van der Waals surface area (Å²) in [5.41, 5.74) is 0.603. The van der Waals surface area contributed by atoms with E-state index in [1.807, 2.05) is 30.5 Å². The lowest BCUT2D eigenvalue weighted by Gasteiger charge is -2.49. The number of fused-ring (bicyclic) bond motifs is 3. The third-order valence-corrected chi connectivity index (χ3v) is 6.66. The monoisotopic (exact) mass is 372 g/mol. The molecule has 0 amide bonds. The minimum Gasteiger partial charge on any atom is -0.364 e. The maximum absolute atomic E-state index is 6.17. The fourth-order valence-corrected chi connectivity index (χ4v) is 5.08. The molecule has 0 N–H and O–H groups in total. The predicted octanol–water partition coefficient (Wildman–Crippen LogP) is 4.04. The van der Waals surface area contributed by atoms with E-state index in [1.54, 1.807) is 18.4 Å². The van der Waals surface area contributed by atoms with Crippen molar-refractivity contribution in [2.75, 3.05) is 26.7 Å². The molecule has 5 heteroatoms. The lowest BCUT2D eigenvalue weighted by molar-refractivity contribution is -0.0962. The highest BCUT2D eigenvalue weighted by atomic mass is 35.5. The molecule has 3 aliphatic rings. The molecule has 0 radical (unpaired) electrons. The minimum absolute atomic E-state index is 0.0684. The van der Waals surface area contributed by atoms with E-state index >= 15 is 0 Å². The maximum Gasteiger partial charge on any atom is 0.143 e. The number of aromatic nitrogens is 1. The number of hydrogen-bond donors (Lipinski definition) is 0. The molecule has 0 saturated carbocycles. The highest BCUT2D eigenvalue weighted by molar-refractivity contribution is 7.16. The number of rotatable bonds is 3. The first kappa shape index (κ1) is 17.1. The van der Waals surface area contributed by atoms with Crippen LogP contribution in [0.3, 0.4) is 0 Å². The van der Waals surface area contributed by atoms with Crippen molar-refractivity contribution in [2.45, 2.75) is 24.4 Å². The molecular weight excluding hydrogens is 352 g/mol. The molecule has 3 aliphatic heterocycles. The number of piperidine rings is 3. The van der Waals surface area contributed by atoms with E-state index in [1.165, 1.54) is 25.9 Å². The zero-order chi connectivity index (χ0) is 17.3. The summed E-state index contributed by atoms with van der Waals surface area (Å²) in [7, 11) is 1.80. The van der Waals surface area contributed by atoms with Crippen molar-refractivity contribution < 1.29 is 4.74 Å². The molecule has 0 aliphatic carbocycles. The van der Waals surface area contributed by atoms with Gasteiger partial charge < -0.3 is 4.74 Å². The number of thiophene rings is 1. The van der Waals surface area contributed by atoms with Crippen LogP contribution in [-0.4, -0.2) is 42.2 Å². The summed E-state index contributed by atoms with van der Waals surface area (Å²) in [6.45, 7) is 3.24. The second kappa shape index (κ2) is 7.09. The van der Waals surface area contributed by atoms with E-state index in [9.17, 15) is 0 Å². The van der Waals surface area contributed by atoms with Crippen molar-refractivity contribution in [1.82, 2.24) is 9.88 Å². The second-order valence-corrected chi connectivity index (χ2v) is 8.49. The van der Waals surface area contributed by atoms with Crippen molar-refractivity contribution in [3.63, 3.8) is 0 Å². The van der Waals surface area contributed by atoms with Gasteiger partial charge >= 0.3 is 0 Å². The van der Waals surface area contributed by atoms with Crippen molar-refractivity contribution in [2.24, 2.45) is 5.92 Å². The van der Waals surface area contributed by atoms with Crippen LogP contribution >= 0.6 is 22.9 Å². The van der Waals surface area contributed by atoms with Gasteiger partial charge in [-0.3, -0.25) is 9.88 Å². The van der Waals surface area contributed by atoms with E-state index in [0.717, 1.165) is 21.5 Å². The highest BCUT2D eigenvalue weighted by Gasteiger charge is 2.46. The normalized spacial score (nSPS) is 29.0. The average molecular weight is 373 g/mol. The van der Waals surface area contributed by atoms with Crippen LogP contribution in [-0.2, 0) is 4.74 Å². The number of halogens is 1. The fourth-order valence-electron chi connectivity index (χ4n) is 3.96. The summed E-state index contributed by atoms with van der Waals surface area (Å²) in [5.74, 6) is 7.48. The van der Waals surface area contributed by atoms with E-state index in [4.69, 9.17) is 16.3 Å². The Morgan fingerprint density at radius 3 is 2.72 bits per heavy atom. The summed E-state index contributed by atoms with van der Waals surface area (Å²) < 4.78 is 6.76. The Morgan fingerprint density at radius 1 is 1.32 bits per heavy atom. The zero-order valence-corrected chi connectivity index (χ0v) is 15.8. The van der Waals surface area contributed by atoms with Crippen LogP contribution in [0, 0.1) is 17.8 Å². The zero-order valence-electron chi connectivity index (χ0n) is 14.2. The van der Waals surface area contributed by atoms with Crippen LogP contribution in [0.15, 0.2) is 36.5 Å². The van der Waals surface area contributed by atoms with Crippen LogP contribution in [0.2, 0.25) is 4.34 Å². The van der Waals surface area contributed by atoms with Gasteiger partial charge in [0.05, 0.1) is 15.9 Å². The Bertz CT molecular complexity index is 789. The Labute approximate surface area is 158 Å². The Kier molecular flexibility index (Phi) is 4.84. The molecule has 130 valence electrons. The van der Waals surface area contributed by atoms with Gasteiger partial charge in [0.2, 0.25) is 0 Å². The molecule has 5 rings (SSSR count). The third kappa shape index (κ3) is 3.35. The first-order chi connectivity index (χ1) is 12.2. The van der Waals surface area contributed by atoms with Gasteiger partial charge in [0.15, 0.2) is 0 Å². The first-order valence-corrected chi connectivity index (χ1v) is 9.86. The van der Waals surface area contributed by atoms with Crippen LogP contribution < -0.4 is 0 Å². The van der Waals surface area contributed by atoms with E-state index < -0.39 is 0 Å². The minimum atomic E-state index is -0.357. The summed E-state index contributed by atoms with van der Waals surface area (Å²) in [4.78, 5) is 8.13. The predicted molar refractivity (Wildman–Crippen MR) is 102 cm³/mol. The van der Waals surface area contributed by atoms with Crippen LogP contribution in [0.1, 0.15) is 29.3 Å². The molecule has 2 atom stereocenters. The van der Waals surface area contributed by atoms with Gasteiger partial charge in [0, 0.05) is 30.6 Å². The summed E-state index contributed by atoms with van der Waals surface area (Å²) in [6.07, 6.45) is 4.16. The molecular formula is C20H21ClN2OS. The molecule has 0 aromatic carbocycles. The molecule has 2 aromatic rings. The van der Waals surface area contributed by atoms with Crippen LogP contribution in [0.5, 0.6) is 0 Å². The van der Waals surface area contributed by atoms with Crippen LogP contribution in [0.25, 0.3) is 0 Å². The first-order valence-electron chi connectivity index (χ1n) is 8.66. The summed E-state index contributed by atoms with van der Waals surface area (Å²) >= 11 is 7.74. The van der Waals surface area contributed by atoms with Gasteiger partial charge in [-0.25, -0.2) is 0 Å². The Morgan fingerprint density at radius 2 is 2.16 bits per heavy atom. The Balaban J connectivity index is 1.71. The van der Waals surface area contributed by atoms with Crippen molar-refractivity contribution >= 4 is 22.9 Å². The second-order valence-electron chi connectivity index (χ2n) is 6.74. The molecule has 0 spiro atoms. The Hall–Kier alpha value is -1.38. The number of pyridine rings is 1. The van der Waals surface area contributed by atoms with E-state index in [2.05, 4.69) is 27.8 Å². The number of hydrogen-bond acceptors (Lipinski definition) is 4. The topological polar surface area (TPSA) is 25.4 Å². The molecule has 1 unspecified atom stereocenters. The molecule has 3 saturated heterocycles. The molecule has 2 aromatic heterocycles. The van der Waals surface area contributed by atoms with Gasteiger partial charge in [-0.2, -0.15) is 0 Å². The SMILES string of the molecule is CO[C@]1(C#CC(c2ccccn2)c2ccc(Cl)s2)CN2CCC1CC2. The van der Waals surface area contributed by atoms with E-state index in [-0.39, 0.29) is 11.5 Å². The van der Waals surface area contributed by atoms with Gasteiger partial charge in [0.25, 0.3) is 0 Å². The highest BCUT2D eigenvalue weighted by Crippen LogP contribution is 2.38. The van der Waals surface area contributed by atoms with Gasteiger partial charge in [-0.05, 0) is 50.2 Å². The number of nitrogens with zero attached hydrogens (tertiary/aromatic N) is 2. The fraction of sp³-hybridized carbons (Fsp3) is 0.450. The number of methoxy groups -OCH3 is 1. The quantitative estimate of drug-likeness (QED) is 0.760. The maximum atomic E-state index is 6.17. The van der Waals surface area contributed by atoms with Crippen molar-refractivity contribution in [3.05, 3.63) is 51.4 Å². The lowest BCUT2D eigenvalue weighted by Crippen LogP contribution is -2.59. The van der Waals surface area contributed by atoms with Gasteiger partial charge in [-0.1, -0.05) is 29.5 Å². The molecule has 3 nitrogen and oxygen atoms in total. The standard InChI is InChI=1S/C20H21ClN2OS/c1-24-20(14-23-12-8-15(20)9-13-23)10-7-16(17-4-2-3-11-22-17)18-5-6-19(21)25-18/h2-6,11,15-16H,8-9,12-14H2,1H3/t16?,20-/m1/s1. The molecule has 3 fully saturated rings. The molecule has 5 heterocycles. The van der Waals surface area contributed by atoms with Gasteiger partial charge in [0.1, 0.15) is 5.60 Å². The smallest absolute Gasteiger partial charge is 0.143 e. The average Bonchev–Trinajstić information content (AvgIpc) is 3.10. The van der Waals surface area contributed by atoms with Crippen molar-refractivity contribution in [3.8, 4) is 11.8 Å². The van der Waals surface area contributed by atoms with Gasteiger partial charge in [-0.15, -0.1) is 11.3 Å². The number of ether oxygens (including phenoxy) is 1. The molecule has 25 heavy (non-hydrogen) atoms. The third-order valence-electron chi connectivity index (χ3n) is 5.36. The largest absolute Gasteiger partial charge is 0.364 e. The van der Waals surface area contributed by atoms with Crippen LogP contribution in [0.4, 0.5) is 0 Å². The molecule has 2 bridgehead atoms. The summed E-state index contributed by atoms with van der Waals surface area (Å²) in [5, 5.41) is 0. The van der Waals surface area contributed by atoms with Crippen molar-refractivity contribution in [1.29, 1.82) is 0 Å². The lowest BCUT2D eigenvalue weighted by atomic mass is 9.75. The summed E-state index contributed by atoms with van der Waals surface area (Å²) in [6, 6.07) is 9.95.